The second kappa shape index (κ2) is 2.42. The molecule has 2 aliphatic rings. The molecule has 1 aromatic rings. The van der Waals surface area contributed by atoms with E-state index in [1.165, 1.54) is 0 Å². The molecule has 2 aliphatic heterocycles. The number of ether oxygens (including phenoxy) is 1. The first-order valence-corrected chi connectivity index (χ1v) is 4.28. The van der Waals surface area contributed by atoms with Gasteiger partial charge < -0.3 is 4.74 Å². The Bertz CT molecular complexity index is 409. The third-order valence-electron chi connectivity index (χ3n) is 2.28. The Morgan fingerprint density at radius 2 is 2.23 bits per heavy atom. The molecule has 1 aromatic carbocycles. The van der Waals surface area contributed by atoms with E-state index in [0.29, 0.717) is 0 Å². The minimum atomic E-state index is -0.0533. The molecule has 0 radical (unpaired) electrons. The van der Waals surface area contributed by atoms with Crippen molar-refractivity contribution in [3.05, 3.63) is 29.8 Å². The molecule has 3 rings (SSSR count). The van der Waals surface area contributed by atoms with E-state index in [1.807, 2.05) is 24.3 Å². The quantitative estimate of drug-likeness (QED) is 0.585. The average molecular weight is 172 g/mol. The van der Waals surface area contributed by atoms with Crippen LogP contribution < -0.4 is 4.74 Å². The Balaban J connectivity index is 2.21. The molecular formula is C10H8N2O. The zero-order chi connectivity index (χ0) is 8.67. The third-order valence-corrected chi connectivity index (χ3v) is 2.28. The molecule has 13 heavy (non-hydrogen) atoms. The van der Waals surface area contributed by atoms with Gasteiger partial charge in [0.1, 0.15) is 12.1 Å². The molecule has 2 heterocycles. The second-order valence-electron chi connectivity index (χ2n) is 3.11. The summed E-state index contributed by atoms with van der Waals surface area (Å²) in [6, 6.07) is 7.95. The molecule has 1 atom stereocenters. The highest BCUT2D eigenvalue weighted by molar-refractivity contribution is 6.07. The lowest BCUT2D eigenvalue weighted by atomic mass is 10.0. The van der Waals surface area contributed by atoms with Crippen molar-refractivity contribution < 1.29 is 4.74 Å². The van der Waals surface area contributed by atoms with Crippen LogP contribution in [0.4, 0.5) is 0 Å². The summed E-state index contributed by atoms with van der Waals surface area (Å²) in [5.41, 5.74) is 2.19. The normalized spacial score (nSPS) is 23.1. The molecule has 3 heteroatoms. The zero-order valence-corrected chi connectivity index (χ0v) is 6.97. The van der Waals surface area contributed by atoms with Gasteiger partial charge in [-0.3, -0.25) is 0 Å². The van der Waals surface area contributed by atoms with E-state index in [1.54, 1.807) is 6.34 Å². The maximum Gasteiger partial charge on any atom is 0.196 e. The summed E-state index contributed by atoms with van der Waals surface area (Å²) in [6.45, 7) is 0. The summed E-state index contributed by atoms with van der Waals surface area (Å²) in [5.74, 6) is 0.898. The minimum Gasteiger partial charge on any atom is -0.468 e. The van der Waals surface area contributed by atoms with E-state index in [9.17, 15) is 0 Å². The topological polar surface area (TPSA) is 34.0 Å². The van der Waals surface area contributed by atoms with Gasteiger partial charge >= 0.3 is 0 Å². The fraction of sp³-hybridized carbons (Fsp3) is 0.200. The highest BCUT2D eigenvalue weighted by atomic mass is 16.5. The highest BCUT2D eigenvalue weighted by Crippen LogP contribution is 2.29. The van der Waals surface area contributed by atoms with E-state index < -0.39 is 0 Å². The first-order chi connectivity index (χ1) is 6.43. The van der Waals surface area contributed by atoms with Gasteiger partial charge in [0.15, 0.2) is 6.23 Å². The SMILES string of the molecule is C1=NC2CC(=N1)c1ccccc1O2. The van der Waals surface area contributed by atoms with Gasteiger partial charge in [-0.15, -0.1) is 0 Å². The maximum atomic E-state index is 5.62. The van der Waals surface area contributed by atoms with Crippen molar-refractivity contribution in [3.8, 4) is 5.75 Å². The van der Waals surface area contributed by atoms with Gasteiger partial charge in [0.05, 0.1) is 5.71 Å². The van der Waals surface area contributed by atoms with Crippen LogP contribution in [0.1, 0.15) is 12.0 Å². The number of hydrogen-bond acceptors (Lipinski definition) is 3. The maximum absolute atomic E-state index is 5.62. The molecule has 0 aliphatic carbocycles. The predicted octanol–water partition coefficient (Wildman–Crippen LogP) is 1.63. The largest absolute Gasteiger partial charge is 0.468 e. The molecule has 0 aromatic heterocycles. The van der Waals surface area contributed by atoms with Crippen LogP contribution in [0.15, 0.2) is 34.3 Å². The lowest BCUT2D eigenvalue weighted by Gasteiger charge is -2.26. The molecular weight excluding hydrogens is 164 g/mol. The van der Waals surface area contributed by atoms with Crippen molar-refractivity contribution in [1.82, 2.24) is 0 Å². The Hall–Kier alpha value is -1.64. The number of hydrogen-bond donors (Lipinski definition) is 0. The molecule has 2 bridgehead atoms. The molecule has 1 unspecified atom stereocenters. The van der Waals surface area contributed by atoms with Crippen LogP contribution in [0.3, 0.4) is 0 Å². The van der Waals surface area contributed by atoms with Crippen LogP contribution in [-0.2, 0) is 0 Å². The van der Waals surface area contributed by atoms with Gasteiger partial charge in [-0.2, -0.15) is 0 Å². The molecule has 0 amide bonds. The van der Waals surface area contributed by atoms with Crippen molar-refractivity contribution >= 4 is 12.1 Å². The third kappa shape index (κ3) is 0.967. The van der Waals surface area contributed by atoms with E-state index in [0.717, 1.165) is 23.4 Å². The monoisotopic (exact) mass is 172 g/mol. The fourth-order valence-corrected chi connectivity index (χ4v) is 1.65. The van der Waals surface area contributed by atoms with Crippen molar-refractivity contribution in [2.45, 2.75) is 12.6 Å². The number of aliphatic imine (C=N–C) groups is 2. The number of nitrogens with zero attached hydrogens (tertiary/aromatic N) is 2. The van der Waals surface area contributed by atoms with E-state index >= 15 is 0 Å². The summed E-state index contributed by atoms with van der Waals surface area (Å²) in [4.78, 5) is 8.35. The molecule has 0 spiro atoms. The van der Waals surface area contributed by atoms with Crippen molar-refractivity contribution in [2.75, 3.05) is 0 Å². The molecule has 0 saturated carbocycles. The lowest BCUT2D eigenvalue weighted by Crippen LogP contribution is -2.28. The van der Waals surface area contributed by atoms with Crippen molar-refractivity contribution in [1.29, 1.82) is 0 Å². The number of para-hydroxylation sites is 1. The fourth-order valence-electron chi connectivity index (χ4n) is 1.65. The Kier molecular flexibility index (Phi) is 1.27. The number of fused-ring (bicyclic) bond motifs is 4. The lowest BCUT2D eigenvalue weighted by molar-refractivity contribution is 0.211. The summed E-state index contributed by atoms with van der Waals surface area (Å²) < 4.78 is 5.62. The van der Waals surface area contributed by atoms with Gasteiger partial charge in [-0.05, 0) is 12.1 Å². The van der Waals surface area contributed by atoms with Gasteiger partial charge in [0.25, 0.3) is 0 Å². The smallest absolute Gasteiger partial charge is 0.196 e. The summed E-state index contributed by atoms with van der Waals surface area (Å²) in [5, 5.41) is 0. The van der Waals surface area contributed by atoms with Gasteiger partial charge in [0, 0.05) is 12.0 Å². The van der Waals surface area contributed by atoms with Crippen LogP contribution in [0.2, 0.25) is 0 Å². The number of rotatable bonds is 0. The molecule has 64 valence electrons. The minimum absolute atomic E-state index is 0.0533. The highest BCUT2D eigenvalue weighted by Gasteiger charge is 2.25. The number of benzene rings is 1. The predicted molar refractivity (Wildman–Crippen MR) is 50.5 cm³/mol. The van der Waals surface area contributed by atoms with Crippen molar-refractivity contribution in [2.24, 2.45) is 9.98 Å². The average Bonchev–Trinajstić information content (AvgIpc) is 2.18. The van der Waals surface area contributed by atoms with Crippen LogP contribution >= 0.6 is 0 Å². The van der Waals surface area contributed by atoms with Crippen LogP contribution in [0, 0.1) is 0 Å². The van der Waals surface area contributed by atoms with Crippen LogP contribution in [-0.4, -0.2) is 18.3 Å². The van der Waals surface area contributed by atoms with Gasteiger partial charge in [-0.1, -0.05) is 12.1 Å². The zero-order valence-electron chi connectivity index (χ0n) is 6.97. The second-order valence-corrected chi connectivity index (χ2v) is 3.11. The van der Waals surface area contributed by atoms with Crippen molar-refractivity contribution in [3.63, 3.8) is 0 Å². The Labute approximate surface area is 75.8 Å². The summed E-state index contributed by atoms with van der Waals surface area (Å²) in [7, 11) is 0. The molecule has 3 nitrogen and oxygen atoms in total. The summed E-state index contributed by atoms with van der Waals surface area (Å²) in [6.07, 6.45) is 2.33. The van der Waals surface area contributed by atoms with Crippen LogP contribution in [0.5, 0.6) is 5.75 Å². The Morgan fingerprint density at radius 1 is 1.31 bits per heavy atom. The first kappa shape index (κ1) is 6.83. The first-order valence-electron chi connectivity index (χ1n) is 4.28. The van der Waals surface area contributed by atoms with Gasteiger partial charge in [-0.25, -0.2) is 9.98 Å². The van der Waals surface area contributed by atoms with E-state index in [4.69, 9.17) is 4.74 Å². The van der Waals surface area contributed by atoms with Crippen LogP contribution in [0.25, 0.3) is 0 Å². The van der Waals surface area contributed by atoms with E-state index in [-0.39, 0.29) is 6.23 Å². The molecule has 0 saturated heterocycles. The molecule has 0 fully saturated rings. The molecule has 0 N–H and O–H groups in total. The van der Waals surface area contributed by atoms with E-state index in [2.05, 4.69) is 9.98 Å². The standard InChI is InChI=1S/C10H8N2O/c1-2-4-9-7(3-1)8-5-10(13-9)12-6-11-8/h1-4,6,10H,5H2. The Morgan fingerprint density at radius 3 is 3.23 bits per heavy atom. The van der Waals surface area contributed by atoms with Gasteiger partial charge in [0.2, 0.25) is 0 Å². The summed E-state index contributed by atoms with van der Waals surface area (Å²) >= 11 is 0.